The van der Waals surface area contributed by atoms with Gasteiger partial charge in [0.15, 0.2) is 5.69 Å². The number of H-pyrrole nitrogens is 1. The lowest BCUT2D eigenvalue weighted by Gasteiger charge is -2.22. The highest BCUT2D eigenvalue weighted by Gasteiger charge is 2.31. The zero-order valence-electron chi connectivity index (χ0n) is 12.4. The summed E-state index contributed by atoms with van der Waals surface area (Å²) < 4.78 is 0. The molecule has 0 aliphatic heterocycles. The average Bonchev–Trinajstić information content (AvgIpc) is 3.24. The molecule has 1 aliphatic rings. The van der Waals surface area contributed by atoms with E-state index in [1.165, 1.54) is 0 Å². The lowest BCUT2D eigenvalue weighted by molar-refractivity contribution is 0.0984. The number of aromatic nitrogens is 2. The van der Waals surface area contributed by atoms with Crippen LogP contribution in [-0.4, -0.2) is 22.6 Å². The van der Waals surface area contributed by atoms with Gasteiger partial charge in [-0.15, -0.1) is 0 Å². The van der Waals surface area contributed by atoms with Crippen LogP contribution in [0.4, 0.5) is 11.4 Å². The number of nitrogens with one attached hydrogen (secondary N) is 1. The van der Waals surface area contributed by atoms with Crippen LogP contribution in [0.5, 0.6) is 0 Å². The van der Waals surface area contributed by atoms with Crippen molar-refractivity contribution in [3.63, 3.8) is 0 Å². The standard InChI is InChI=1S/C16H20N4O/c1-3-20(12-7-5-4-6-10(12)2)16(21)15-13(17)14(18-19-15)11-8-9-11/h4-7,11H,3,8-9,17H2,1-2H3,(H,18,19). The van der Waals surface area contributed by atoms with Crippen LogP contribution >= 0.6 is 0 Å². The number of rotatable bonds is 4. The predicted octanol–water partition coefficient (Wildman–Crippen LogP) is 2.84. The normalized spacial score (nSPS) is 14.2. The largest absolute Gasteiger partial charge is 0.395 e. The first-order valence-electron chi connectivity index (χ1n) is 7.34. The van der Waals surface area contributed by atoms with Gasteiger partial charge in [-0.3, -0.25) is 9.89 Å². The fourth-order valence-electron chi connectivity index (χ4n) is 2.63. The molecule has 0 bridgehead atoms. The minimum atomic E-state index is -0.146. The van der Waals surface area contributed by atoms with Crippen LogP contribution in [0, 0.1) is 6.92 Å². The van der Waals surface area contributed by atoms with Gasteiger partial charge in [0.25, 0.3) is 5.91 Å². The second kappa shape index (κ2) is 5.24. The molecule has 1 saturated carbocycles. The number of carbonyl (C=O) groups excluding carboxylic acids is 1. The first kappa shape index (κ1) is 13.7. The van der Waals surface area contributed by atoms with Gasteiger partial charge in [-0.1, -0.05) is 18.2 Å². The summed E-state index contributed by atoms with van der Waals surface area (Å²) in [5.74, 6) is 0.306. The molecule has 110 valence electrons. The molecule has 1 aliphatic carbocycles. The summed E-state index contributed by atoms with van der Waals surface area (Å²) in [4.78, 5) is 14.5. The van der Waals surface area contributed by atoms with Crippen LogP contribution in [0.3, 0.4) is 0 Å². The van der Waals surface area contributed by atoms with Crippen LogP contribution in [0.25, 0.3) is 0 Å². The molecule has 1 fully saturated rings. The first-order chi connectivity index (χ1) is 10.1. The van der Waals surface area contributed by atoms with Gasteiger partial charge in [0, 0.05) is 18.2 Å². The number of anilines is 2. The Labute approximate surface area is 124 Å². The molecule has 1 amide bonds. The summed E-state index contributed by atoms with van der Waals surface area (Å²) in [6.07, 6.45) is 2.24. The molecule has 21 heavy (non-hydrogen) atoms. The summed E-state index contributed by atoms with van der Waals surface area (Å²) in [5, 5.41) is 7.10. The highest BCUT2D eigenvalue weighted by Crippen LogP contribution is 2.42. The zero-order valence-corrected chi connectivity index (χ0v) is 12.4. The Morgan fingerprint density at radius 1 is 1.43 bits per heavy atom. The highest BCUT2D eigenvalue weighted by atomic mass is 16.2. The maximum absolute atomic E-state index is 12.8. The Morgan fingerprint density at radius 3 is 2.76 bits per heavy atom. The van der Waals surface area contributed by atoms with Crippen molar-refractivity contribution < 1.29 is 4.79 Å². The van der Waals surface area contributed by atoms with Gasteiger partial charge in [0.1, 0.15) is 0 Å². The van der Waals surface area contributed by atoms with Crippen molar-refractivity contribution in [2.45, 2.75) is 32.6 Å². The quantitative estimate of drug-likeness (QED) is 0.906. The van der Waals surface area contributed by atoms with E-state index in [1.807, 2.05) is 38.1 Å². The summed E-state index contributed by atoms with van der Waals surface area (Å²) in [6, 6.07) is 7.84. The van der Waals surface area contributed by atoms with Crippen LogP contribution in [-0.2, 0) is 0 Å². The number of hydrogen-bond acceptors (Lipinski definition) is 3. The fraction of sp³-hybridized carbons (Fsp3) is 0.375. The van der Waals surface area contributed by atoms with Gasteiger partial charge in [0.05, 0.1) is 11.4 Å². The number of nitrogen functional groups attached to an aromatic ring is 1. The van der Waals surface area contributed by atoms with E-state index < -0.39 is 0 Å². The van der Waals surface area contributed by atoms with Crippen molar-refractivity contribution in [3.8, 4) is 0 Å². The number of hydrogen-bond donors (Lipinski definition) is 2. The molecule has 0 radical (unpaired) electrons. The van der Waals surface area contributed by atoms with Gasteiger partial charge in [-0.05, 0) is 38.3 Å². The summed E-state index contributed by atoms with van der Waals surface area (Å²) in [7, 11) is 0. The van der Waals surface area contributed by atoms with Crippen LogP contribution in [0.1, 0.15) is 47.4 Å². The van der Waals surface area contributed by atoms with E-state index in [-0.39, 0.29) is 5.91 Å². The van der Waals surface area contributed by atoms with Gasteiger partial charge in [-0.2, -0.15) is 5.10 Å². The monoisotopic (exact) mass is 284 g/mol. The lowest BCUT2D eigenvalue weighted by atomic mass is 10.1. The molecule has 5 heteroatoms. The summed E-state index contributed by atoms with van der Waals surface area (Å²) in [5.41, 5.74) is 9.84. The second-order valence-electron chi connectivity index (χ2n) is 5.51. The lowest BCUT2D eigenvalue weighted by Crippen LogP contribution is -2.32. The van der Waals surface area contributed by atoms with Crippen molar-refractivity contribution in [3.05, 3.63) is 41.2 Å². The Bertz CT molecular complexity index is 673. The van der Waals surface area contributed by atoms with E-state index >= 15 is 0 Å². The minimum Gasteiger partial charge on any atom is -0.395 e. The van der Waals surface area contributed by atoms with Crippen LogP contribution < -0.4 is 10.6 Å². The molecule has 3 N–H and O–H groups in total. The molecule has 2 aromatic rings. The third-order valence-corrected chi connectivity index (χ3v) is 3.99. The maximum atomic E-state index is 12.8. The van der Waals surface area contributed by atoms with Gasteiger partial charge in [0.2, 0.25) is 0 Å². The van der Waals surface area contributed by atoms with Crippen molar-refractivity contribution in [1.82, 2.24) is 10.2 Å². The van der Waals surface area contributed by atoms with E-state index in [2.05, 4.69) is 10.2 Å². The minimum absolute atomic E-state index is 0.146. The zero-order chi connectivity index (χ0) is 15.0. The number of nitrogens with two attached hydrogens (primary N) is 1. The molecule has 0 atom stereocenters. The summed E-state index contributed by atoms with van der Waals surface area (Å²) >= 11 is 0. The van der Waals surface area contributed by atoms with E-state index in [9.17, 15) is 4.79 Å². The maximum Gasteiger partial charge on any atom is 0.280 e. The Balaban J connectivity index is 1.94. The smallest absolute Gasteiger partial charge is 0.280 e. The number of carbonyl (C=O) groups is 1. The summed E-state index contributed by atoms with van der Waals surface area (Å²) in [6.45, 7) is 4.53. The topological polar surface area (TPSA) is 75.0 Å². The molecule has 0 unspecified atom stereocenters. The molecular formula is C16H20N4O. The van der Waals surface area contributed by atoms with E-state index in [0.29, 0.717) is 23.8 Å². The number of amides is 1. The molecule has 0 saturated heterocycles. The average molecular weight is 284 g/mol. The number of aryl methyl sites for hydroxylation is 1. The number of benzene rings is 1. The second-order valence-corrected chi connectivity index (χ2v) is 5.51. The molecule has 1 aromatic heterocycles. The fourth-order valence-corrected chi connectivity index (χ4v) is 2.63. The van der Waals surface area contributed by atoms with Crippen LogP contribution in [0.15, 0.2) is 24.3 Å². The van der Waals surface area contributed by atoms with Gasteiger partial charge >= 0.3 is 0 Å². The molecule has 1 aromatic carbocycles. The van der Waals surface area contributed by atoms with Crippen molar-refractivity contribution in [2.75, 3.05) is 17.2 Å². The van der Waals surface area contributed by atoms with E-state index in [4.69, 9.17) is 5.73 Å². The molecule has 5 nitrogen and oxygen atoms in total. The number of para-hydroxylation sites is 1. The van der Waals surface area contributed by atoms with Crippen molar-refractivity contribution >= 4 is 17.3 Å². The van der Waals surface area contributed by atoms with E-state index in [1.54, 1.807) is 4.90 Å². The molecule has 0 spiro atoms. The SMILES string of the molecule is CCN(C(=O)c1n[nH]c(C2CC2)c1N)c1ccccc1C. The highest BCUT2D eigenvalue weighted by molar-refractivity contribution is 6.08. The predicted molar refractivity (Wildman–Crippen MR) is 83.5 cm³/mol. The van der Waals surface area contributed by atoms with Gasteiger partial charge in [-0.25, -0.2) is 0 Å². The van der Waals surface area contributed by atoms with Gasteiger partial charge < -0.3 is 10.6 Å². The first-order valence-corrected chi connectivity index (χ1v) is 7.34. The number of nitrogens with zero attached hydrogens (tertiary/aromatic N) is 2. The van der Waals surface area contributed by atoms with Crippen molar-refractivity contribution in [1.29, 1.82) is 0 Å². The third-order valence-electron chi connectivity index (χ3n) is 3.99. The Morgan fingerprint density at radius 2 is 2.14 bits per heavy atom. The van der Waals surface area contributed by atoms with E-state index in [0.717, 1.165) is 29.8 Å². The molecular weight excluding hydrogens is 264 g/mol. The van der Waals surface area contributed by atoms with Crippen LogP contribution in [0.2, 0.25) is 0 Å². The third kappa shape index (κ3) is 2.39. The van der Waals surface area contributed by atoms with Crippen molar-refractivity contribution in [2.24, 2.45) is 0 Å². The molecule has 3 rings (SSSR count). The Kier molecular flexibility index (Phi) is 3.41. The molecule has 1 heterocycles. The number of aromatic amines is 1. The Hall–Kier alpha value is -2.30.